The van der Waals surface area contributed by atoms with Crippen molar-refractivity contribution in [2.24, 2.45) is 5.92 Å². The molecule has 158 valence electrons. The molecule has 8 heteroatoms. The molecule has 3 rings (SSSR count). The summed E-state index contributed by atoms with van der Waals surface area (Å²) in [6, 6.07) is 9.56. The molecule has 3 N–H and O–H groups in total. The van der Waals surface area contributed by atoms with Crippen LogP contribution in [0.5, 0.6) is 0 Å². The smallest absolute Gasteiger partial charge is 0.253 e. The molecule has 0 saturated carbocycles. The zero-order valence-electron chi connectivity index (χ0n) is 17.4. The number of carbonyl (C=O) groups excluding carboxylic acids is 2. The van der Waals surface area contributed by atoms with Crippen molar-refractivity contribution in [3.63, 3.8) is 0 Å². The van der Waals surface area contributed by atoms with Crippen LogP contribution < -0.4 is 11.1 Å². The van der Waals surface area contributed by atoms with Crippen LogP contribution in [-0.4, -0.2) is 47.2 Å². The van der Waals surface area contributed by atoms with Crippen LogP contribution in [-0.2, 0) is 4.79 Å². The van der Waals surface area contributed by atoms with Crippen LogP contribution in [0.15, 0.2) is 49.3 Å². The molecule has 0 radical (unpaired) electrons. The third kappa shape index (κ3) is 8.52. The number of nitrogen functional groups attached to an aromatic ring is 1. The molecule has 1 aliphatic heterocycles. The van der Waals surface area contributed by atoms with E-state index in [1.807, 2.05) is 42.3 Å². The number of anilines is 2. The minimum absolute atomic E-state index is 0.166. The van der Waals surface area contributed by atoms with Crippen LogP contribution in [0.4, 0.5) is 11.6 Å². The second kappa shape index (κ2) is 13.4. The molecule has 1 atom stereocenters. The van der Waals surface area contributed by atoms with E-state index in [0.717, 1.165) is 30.8 Å². The maximum atomic E-state index is 12.3. The second-order valence-electron chi connectivity index (χ2n) is 6.64. The molecule has 1 fully saturated rings. The first-order chi connectivity index (χ1) is 14.4. The summed E-state index contributed by atoms with van der Waals surface area (Å²) in [5.41, 5.74) is 7.40. The van der Waals surface area contributed by atoms with Crippen LogP contribution in [0.1, 0.15) is 35.7 Å². The lowest BCUT2D eigenvalue weighted by Gasteiger charge is -2.31. The standard InChI is InChI=1S/C14H20N2O.C5H4N4.C3H4O/c1-11-4-3-9-16(10-11)14(17)12-5-7-13(15-2)8-6-12;6-1-4-2-8-5(7)9-3-4;1-2-3-4/h5-8,11,15H,3-4,9-10H2,1-2H3;2-3H,(H2,7,8,9);2-3H,1H2. The molecule has 0 spiro atoms. The van der Waals surface area contributed by atoms with Gasteiger partial charge >= 0.3 is 0 Å². The highest BCUT2D eigenvalue weighted by Crippen LogP contribution is 2.18. The molecule has 2 aromatic rings. The normalized spacial score (nSPS) is 14.6. The summed E-state index contributed by atoms with van der Waals surface area (Å²) in [6.07, 6.45) is 6.95. The Hall–Kier alpha value is -3.73. The van der Waals surface area contributed by atoms with Crippen molar-refractivity contribution in [3.05, 3.63) is 60.4 Å². The van der Waals surface area contributed by atoms with Crippen molar-refractivity contribution in [2.45, 2.75) is 19.8 Å². The molecule has 1 aromatic heterocycles. The fraction of sp³-hybridized carbons (Fsp3) is 0.318. The molecule has 0 aliphatic carbocycles. The summed E-state index contributed by atoms with van der Waals surface area (Å²) in [4.78, 5) is 30.5. The first kappa shape index (κ1) is 24.3. The van der Waals surface area contributed by atoms with Crippen LogP contribution in [0.2, 0.25) is 0 Å². The van der Waals surface area contributed by atoms with E-state index >= 15 is 0 Å². The number of rotatable bonds is 3. The number of amides is 1. The SMILES string of the molecule is C=CC=O.CNc1ccc(C(=O)N2CCCC(C)C2)cc1.N#Cc1cnc(N)nc1. The Morgan fingerprint density at radius 1 is 1.33 bits per heavy atom. The van der Waals surface area contributed by atoms with Gasteiger partial charge in [-0.15, -0.1) is 0 Å². The predicted molar refractivity (Wildman–Crippen MR) is 118 cm³/mol. The maximum Gasteiger partial charge on any atom is 0.253 e. The molecule has 8 nitrogen and oxygen atoms in total. The fourth-order valence-electron chi connectivity index (χ4n) is 2.73. The van der Waals surface area contributed by atoms with Gasteiger partial charge in [0.25, 0.3) is 5.91 Å². The molecule has 1 aromatic carbocycles. The number of nitrogens with zero attached hydrogens (tertiary/aromatic N) is 4. The van der Waals surface area contributed by atoms with Gasteiger partial charge in [-0.05, 0) is 49.1 Å². The Labute approximate surface area is 177 Å². The van der Waals surface area contributed by atoms with Crippen LogP contribution in [0.25, 0.3) is 0 Å². The van der Waals surface area contributed by atoms with E-state index in [1.54, 1.807) is 0 Å². The zero-order chi connectivity index (χ0) is 22.4. The van der Waals surface area contributed by atoms with Gasteiger partial charge in [-0.3, -0.25) is 9.59 Å². The Morgan fingerprint density at radius 3 is 2.40 bits per heavy atom. The number of benzene rings is 1. The van der Waals surface area contributed by atoms with E-state index < -0.39 is 0 Å². The topological polar surface area (TPSA) is 125 Å². The van der Waals surface area contributed by atoms with Gasteiger partial charge in [-0.25, -0.2) is 9.97 Å². The molecule has 1 amide bonds. The highest BCUT2D eigenvalue weighted by Gasteiger charge is 2.21. The number of nitrogens with one attached hydrogen (secondary N) is 1. The molecular formula is C22H28N6O2. The molecule has 30 heavy (non-hydrogen) atoms. The maximum absolute atomic E-state index is 12.3. The van der Waals surface area contributed by atoms with Crippen molar-refractivity contribution < 1.29 is 9.59 Å². The van der Waals surface area contributed by atoms with Crippen molar-refractivity contribution in [3.8, 4) is 6.07 Å². The minimum atomic E-state index is 0.166. The zero-order valence-corrected chi connectivity index (χ0v) is 17.4. The highest BCUT2D eigenvalue weighted by molar-refractivity contribution is 5.94. The molecule has 2 heterocycles. The summed E-state index contributed by atoms with van der Waals surface area (Å²) in [5, 5.41) is 11.3. The minimum Gasteiger partial charge on any atom is -0.388 e. The Balaban J connectivity index is 0.000000289. The fourth-order valence-corrected chi connectivity index (χ4v) is 2.73. The Morgan fingerprint density at radius 2 is 1.93 bits per heavy atom. The first-order valence-electron chi connectivity index (χ1n) is 9.56. The molecule has 1 unspecified atom stereocenters. The number of aromatic nitrogens is 2. The van der Waals surface area contributed by atoms with Gasteiger partial charge in [0.05, 0.1) is 18.0 Å². The van der Waals surface area contributed by atoms with E-state index in [0.29, 0.717) is 17.8 Å². The summed E-state index contributed by atoms with van der Waals surface area (Å²) >= 11 is 0. The van der Waals surface area contributed by atoms with E-state index in [2.05, 4.69) is 28.8 Å². The average molecular weight is 409 g/mol. The molecule has 1 saturated heterocycles. The van der Waals surface area contributed by atoms with Gasteiger partial charge in [0.1, 0.15) is 12.4 Å². The molecule has 0 bridgehead atoms. The number of aldehydes is 1. The van der Waals surface area contributed by atoms with E-state index in [4.69, 9.17) is 15.8 Å². The van der Waals surface area contributed by atoms with E-state index in [1.165, 1.54) is 24.9 Å². The number of piperidine rings is 1. The summed E-state index contributed by atoms with van der Waals surface area (Å²) in [7, 11) is 1.88. The number of likely N-dealkylation sites (tertiary alicyclic amines) is 1. The quantitative estimate of drug-likeness (QED) is 0.591. The molecule has 1 aliphatic rings. The second-order valence-corrected chi connectivity index (χ2v) is 6.64. The first-order valence-corrected chi connectivity index (χ1v) is 9.56. The average Bonchev–Trinajstić information content (AvgIpc) is 2.80. The van der Waals surface area contributed by atoms with Gasteiger partial charge in [0, 0.05) is 31.4 Å². The number of hydrogen-bond donors (Lipinski definition) is 2. The summed E-state index contributed by atoms with van der Waals surface area (Å²) in [6.45, 7) is 7.12. The number of hydrogen-bond acceptors (Lipinski definition) is 7. The Kier molecular flexibility index (Phi) is 10.9. The van der Waals surface area contributed by atoms with Crippen molar-refractivity contribution >= 4 is 23.8 Å². The lowest BCUT2D eigenvalue weighted by molar-refractivity contribution is -0.104. The highest BCUT2D eigenvalue weighted by atomic mass is 16.2. The third-order valence-corrected chi connectivity index (χ3v) is 4.26. The number of nitriles is 1. The van der Waals surface area contributed by atoms with Crippen LogP contribution in [0.3, 0.4) is 0 Å². The van der Waals surface area contributed by atoms with Crippen molar-refractivity contribution in [2.75, 3.05) is 31.2 Å². The van der Waals surface area contributed by atoms with E-state index in [9.17, 15) is 4.79 Å². The summed E-state index contributed by atoms with van der Waals surface area (Å²) in [5.74, 6) is 0.984. The lowest BCUT2D eigenvalue weighted by atomic mass is 9.99. The molecular weight excluding hydrogens is 380 g/mol. The third-order valence-electron chi connectivity index (χ3n) is 4.26. The van der Waals surface area contributed by atoms with Crippen molar-refractivity contribution in [1.82, 2.24) is 14.9 Å². The van der Waals surface area contributed by atoms with Crippen LogP contribution in [0, 0.1) is 17.2 Å². The number of allylic oxidation sites excluding steroid dienone is 1. The Bertz CT molecular complexity index is 837. The van der Waals surface area contributed by atoms with Gasteiger partial charge in [-0.1, -0.05) is 13.5 Å². The van der Waals surface area contributed by atoms with Gasteiger partial charge in [0.2, 0.25) is 5.95 Å². The largest absolute Gasteiger partial charge is 0.388 e. The van der Waals surface area contributed by atoms with Gasteiger partial charge in [-0.2, -0.15) is 5.26 Å². The summed E-state index contributed by atoms with van der Waals surface area (Å²) < 4.78 is 0. The monoisotopic (exact) mass is 408 g/mol. The van der Waals surface area contributed by atoms with Gasteiger partial charge < -0.3 is 16.0 Å². The lowest BCUT2D eigenvalue weighted by Crippen LogP contribution is -2.39. The van der Waals surface area contributed by atoms with Gasteiger partial charge in [0.15, 0.2) is 0 Å². The number of carbonyl (C=O) groups is 2. The van der Waals surface area contributed by atoms with E-state index in [-0.39, 0.29) is 11.9 Å². The number of nitrogens with two attached hydrogens (primary N) is 1. The van der Waals surface area contributed by atoms with Crippen LogP contribution >= 0.6 is 0 Å². The predicted octanol–water partition coefficient (Wildman–Crippen LogP) is 2.90. The van der Waals surface area contributed by atoms with Crippen molar-refractivity contribution in [1.29, 1.82) is 5.26 Å².